The van der Waals surface area contributed by atoms with E-state index in [-0.39, 0.29) is 13.8 Å². The molecule has 1 rings (SSSR count). The van der Waals surface area contributed by atoms with Gasteiger partial charge in [0.1, 0.15) is 12.2 Å². The highest BCUT2D eigenvalue weighted by Gasteiger charge is 2.85. The van der Waals surface area contributed by atoms with E-state index < -0.39 is 71.9 Å². The van der Waals surface area contributed by atoms with E-state index in [1.54, 1.807) is 0 Å². The second-order valence-electron chi connectivity index (χ2n) is 6.60. The Morgan fingerprint density at radius 3 is 1.33 bits per heavy atom. The van der Waals surface area contributed by atoms with Crippen molar-refractivity contribution in [3.05, 3.63) is 0 Å². The van der Waals surface area contributed by atoms with Crippen LogP contribution >= 0.6 is 0 Å². The summed E-state index contributed by atoms with van der Waals surface area (Å²) in [5.74, 6) is -11.8. The summed E-state index contributed by atoms with van der Waals surface area (Å²) in [4.78, 5) is -3.29. The third-order valence-corrected chi connectivity index (χ3v) is 4.22. The second kappa shape index (κ2) is 8.13. The minimum absolute atomic E-state index is 0.210. The van der Waals surface area contributed by atoms with Gasteiger partial charge in [0.15, 0.2) is 0 Å². The average molecular weight is 535 g/mol. The topological polar surface area (TPSA) is 21.7 Å². The van der Waals surface area contributed by atoms with Crippen molar-refractivity contribution < 1.29 is 84.1 Å². The molecule has 20 heteroatoms. The minimum atomic E-state index is -6.92. The lowest BCUT2D eigenvalue weighted by Crippen LogP contribution is -2.77. The van der Waals surface area contributed by atoms with Crippen molar-refractivity contribution in [2.45, 2.75) is 80.9 Å². The molecule has 0 spiro atoms. The predicted octanol–water partition coefficient (Wildman–Crippen LogP) is 5.95. The van der Waals surface area contributed by atoms with Crippen molar-refractivity contribution in [2.75, 3.05) is 0 Å². The molecule has 3 nitrogen and oxygen atoms in total. The van der Waals surface area contributed by atoms with E-state index in [0.29, 0.717) is 0 Å². The maximum absolute atomic E-state index is 14.1. The zero-order chi connectivity index (χ0) is 26.8. The van der Waals surface area contributed by atoms with Crippen LogP contribution in [0, 0.1) is 0 Å². The summed E-state index contributed by atoms with van der Waals surface area (Å²) in [6, 6.07) is -13.8. The Balaban J connectivity index is 3.33. The molecular formula is C13H10F17NO2. The second-order valence-corrected chi connectivity index (χ2v) is 6.60. The molecule has 1 aliphatic heterocycles. The van der Waals surface area contributed by atoms with Crippen molar-refractivity contribution in [2.24, 2.45) is 0 Å². The molecule has 0 bridgehead atoms. The summed E-state index contributed by atoms with van der Waals surface area (Å²) in [6.45, 7) is -0.522. The summed E-state index contributed by atoms with van der Waals surface area (Å²) in [6.07, 6.45) is -37.7. The van der Waals surface area contributed by atoms with Crippen molar-refractivity contribution in [1.82, 2.24) is 4.90 Å². The lowest BCUT2D eigenvalue weighted by atomic mass is 10.1. The molecule has 0 saturated carbocycles. The molecule has 1 heterocycles. The molecule has 0 N–H and O–H groups in total. The highest BCUT2D eigenvalue weighted by Crippen LogP contribution is 2.58. The zero-order valence-electron chi connectivity index (χ0n) is 15.5. The molecule has 198 valence electrons. The van der Waals surface area contributed by atoms with Crippen LogP contribution in [-0.4, -0.2) is 71.9 Å². The fourth-order valence-corrected chi connectivity index (χ4v) is 2.30. The third-order valence-electron chi connectivity index (χ3n) is 4.22. The lowest BCUT2D eigenvalue weighted by Gasteiger charge is -2.49. The van der Waals surface area contributed by atoms with Gasteiger partial charge in [-0.2, -0.15) is 57.1 Å². The van der Waals surface area contributed by atoms with Crippen LogP contribution in [0.25, 0.3) is 0 Å². The van der Waals surface area contributed by atoms with Crippen LogP contribution in [-0.2, 0) is 9.47 Å². The molecule has 0 radical (unpaired) electrons. The predicted molar refractivity (Wildman–Crippen MR) is 68.5 cm³/mol. The molecule has 4 atom stereocenters. The fraction of sp³-hybridized carbons (Fsp3) is 1.00. The van der Waals surface area contributed by atoms with Gasteiger partial charge in [0.25, 0.3) is 6.17 Å². The van der Waals surface area contributed by atoms with Gasteiger partial charge in [-0.1, -0.05) is 0 Å². The lowest BCUT2D eigenvalue weighted by molar-refractivity contribution is -0.575. The largest absolute Gasteiger partial charge is 0.439 e. The summed E-state index contributed by atoms with van der Waals surface area (Å²) >= 11 is 0. The SMILES string of the molecule is CC(OC(C)C(F)(F)C(F)C(F)(F)F)C(F)(F)C(F)N1C(F)(F)C(F)(F)OC(F)(F)C1(F)F. The Labute approximate surface area is 171 Å². The quantitative estimate of drug-likeness (QED) is 0.297. The van der Waals surface area contributed by atoms with Crippen molar-refractivity contribution in [1.29, 1.82) is 0 Å². The maximum atomic E-state index is 14.1. The molecule has 1 aliphatic rings. The van der Waals surface area contributed by atoms with Gasteiger partial charge in [0.2, 0.25) is 6.30 Å². The molecular weight excluding hydrogens is 525 g/mol. The van der Waals surface area contributed by atoms with Crippen LogP contribution in [0.1, 0.15) is 13.8 Å². The highest BCUT2D eigenvalue weighted by atomic mass is 19.4. The molecule has 0 aliphatic carbocycles. The van der Waals surface area contributed by atoms with Gasteiger partial charge >= 0.3 is 42.3 Å². The van der Waals surface area contributed by atoms with E-state index in [9.17, 15) is 74.6 Å². The van der Waals surface area contributed by atoms with Crippen molar-refractivity contribution in [3.63, 3.8) is 0 Å². The fourth-order valence-electron chi connectivity index (χ4n) is 2.30. The molecule has 1 saturated heterocycles. The Morgan fingerprint density at radius 1 is 0.667 bits per heavy atom. The molecule has 33 heavy (non-hydrogen) atoms. The monoisotopic (exact) mass is 535 g/mol. The smallest absolute Gasteiger partial charge is 0.363 e. The standard InChI is InChI=1S/C13H10F17NO2/c1-3(7(16,17)5(14)9(20,21)22)32-4(2)8(18,19)6(15)31-10(23,24)12(27,28)33-13(29,30)11(31,25)26/h3-6H,1-2H3. The molecule has 0 amide bonds. The van der Waals surface area contributed by atoms with Gasteiger partial charge in [0.05, 0.1) is 0 Å². The van der Waals surface area contributed by atoms with E-state index in [2.05, 4.69) is 4.74 Å². The maximum Gasteiger partial charge on any atom is 0.439 e. The Bertz CT molecular complexity index is 682. The summed E-state index contributed by atoms with van der Waals surface area (Å²) in [5, 5.41) is 0. The highest BCUT2D eigenvalue weighted by molar-refractivity contribution is 5.00. The number of halogens is 17. The average Bonchev–Trinajstić information content (AvgIpc) is 2.57. The first-order valence-electron chi connectivity index (χ1n) is 7.95. The first kappa shape index (κ1) is 29.7. The molecule has 0 aromatic carbocycles. The number of alkyl halides is 17. The van der Waals surface area contributed by atoms with E-state index in [1.165, 1.54) is 0 Å². The number of ether oxygens (including phenoxy) is 2. The van der Waals surface area contributed by atoms with E-state index >= 15 is 0 Å². The van der Waals surface area contributed by atoms with E-state index in [0.717, 1.165) is 0 Å². The van der Waals surface area contributed by atoms with Gasteiger partial charge in [-0.25, -0.2) is 22.3 Å². The third kappa shape index (κ3) is 4.78. The van der Waals surface area contributed by atoms with Crippen LogP contribution in [0.3, 0.4) is 0 Å². The molecule has 0 aromatic rings. The first-order valence-corrected chi connectivity index (χ1v) is 7.95. The van der Waals surface area contributed by atoms with Gasteiger partial charge < -0.3 is 4.74 Å². The Morgan fingerprint density at radius 2 is 1.00 bits per heavy atom. The Kier molecular flexibility index (Phi) is 7.32. The summed E-state index contributed by atoms with van der Waals surface area (Å²) < 4.78 is 230. The van der Waals surface area contributed by atoms with Crippen LogP contribution < -0.4 is 0 Å². The van der Waals surface area contributed by atoms with Gasteiger partial charge in [0, 0.05) is 0 Å². The van der Waals surface area contributed by atoms with Crippen LogP contribution in [0.15, 0.2) is 0 Å². The van der Waals surface area contributed by atoms with Crippen LogP contribution in [0.4, 0.5) is 74.6 Å². The number of rotatable bonds is 7. The van der Waals surface area contributed by atoms with Gasteiger partial charge in [-0.05, 0) is 13.8 Å². The summed E-state index contributed by atoms with van der Waals surface area (Å²) in [5.41, 5.74) is 0. The Hall–Kier alpha value is -1.31. The number of nitrogens with zero attached hydrogens (tertiary/aromatic N) is 1. The molecule has 0 aromatic heterocycles. The minimum Gasteiger partial charge on any atom is -0.363 e. The van der Waals surface area contributed by atoms with Gasteiger partial charge in [-0.3, -0.25) is 0 Å². The van der Waals surface area contributed by atoms with Crippen molar-refractivity contribution in [3.8, 4) is 0 Å². The molecule has 1 fully saturated rings. The molecule has 4 unspecified atom stereocenters. The van der Waals surface area contributed by atoms with Crippen LogP contribution in [0.2, 0.25) is 0 Å². The number of hydrogen-bond donors (Lipinski definition) is 0. The van der Waals surface area contributed by atoms with Crippen LogP contribution in [0.5, 0.6) is 0 Å². The number of morpholine rings is 1. The normalized spacial score (nSPS) is 27.0. The van der Waals surface area contributed by atoms with Crippen molar-refractivity contribution >= 4 is 0 Å². The number of hydrogen-bond acceptors (Lipinski definition) is 3. The summed E-state index contributed by atoms with van der Waals surface area (Å²) in [7, 11) is 0. The van der Waals surface area contributed by atoms with E-state index in [4.69, 9.17) is 0 Å². The first-order chi connectivity index (χ1) is 14.2. The zero-order valence-corrected chi connectivity index (χ0v) is 15.5. The van der Waals surface area contributed by atoms with Gasteiger partial charge in [-0.15, -0.1) is 4.90 Å². The van der Waals surface area contributed by atoms with E-state index in [1.807, 2.05) is 4.74 Å².